The van der Waals surface area contributed by atoms with Gasteiger partial charge in [0.1, 0.15) is 0 Å². The predicted molar refractivity (Wildman–Crippen MR) is 54.4 cm³/mol. The first-order chi connectivity index (χ1) is 4.95. The van der Waals surface area contributed by atoms with Gasteiger partial charge < -0.3 is 0 Å². The minimum atomic E-state index is 1.04. The molecule has 0 saturated carbocycles. The van der Waals surface area contributed by atoms with Crippen LogP contribution in [0.1, 0.15) is 6.42 Å². The third-order valence-electron chi connectivity index (χ3n) is 1.69. The molecule has 2 saturated heterocycles. The van der Waals surface area contributed by atoms with Gasteiger partial charge in [-0.15, -0.1) is 0 Å². The second kappa shape index (κ2) is 3.63. The third kappa shape index (κ3) is 2.97. The van der Waals surface area contributed by atoms with Crippen molar-refractivity contribution in [1.29, 1.82) is 0 Å². The van der Waals surface area contributed by atoms with Gasteiger partial charge in [0.25, 0.3) is 0 Å². The molecule has 2 rings (SSSR count). The summed E-state index contributed by atoms with van der Waals surface area (Å²) in [5, 5.41) is 2.09. The maximum Gasteiger partial charge on any atom is 0.0229 e. The monoisotopic (exact) mass is 192 g/mol. The maximum absolute atomic E-state index is 2.16. The summed E-state index contributed by atoms with van der Waals surface area (Å²) >= 11 is 6.40. The Labute approximate surface area is 75.3 Å². The Kier molecular flexibility index (Phi) is 2.79. The Morgan fingerprint density at radius 2 is 1.90 bits per heavy atom. The Morgan fingerprint density at radius 3 is 2.50 bits per heavy atom. The van der Waals surface area contributed by atoms with Crippen LogP contribution in [0.2, 0.25) is 0 Å². The van der Waals surface area contributed by atoms with E-state index in [0.717, 1.165) is 10.5 Å². The van der Waals surface area contributed by atoms with E-state index in [1.807, 2.05) is 0 Å². The highest BCUT2D eigenvalue weighted by Gasteiger charge is 2.24. The van der Waals surface area contributed by atoms with Crippen LogP contribution in [0.15, 0.2) is 0 Å². The van der Waals surface area contributed by atoms with E-state index in [1.165, 1.54) is 29.4 Å². The van der Waals surface area contributed by atoms with Gasteiger partial charge in [-0.05, 0) is 12.2 Å². The lowest BCUT2D eigenvalue weighted by Crippen LogP contribution is -1.92. The number of rotatable bonds is 5. The first-order valence-electron chi connectivity index (χ1n) is 3.76. The Bertz CT molecular complexity index is 93.4. The minimum absolute atomic E-state index is 1.04. The molecule has 0 radical (unpaired) electrons. The molecule has 0 N–H and O–H groups in total. The molecule has 0 nitrogen and oxygen atoms in total. The lowest BCUT2D eigenvalue weighted by atomic mass is 10.4. The molecule has 2 unspecified atom stereocenters. The highest BCUT2D eigenvalue weighted by Crippen LogP contribution is 2.36. The SMILES string of the molecule is C(CC1CS1)SCC1CS1. The van der Waals surface area contributed by atoms with E-state index in [0.29, 0.717) is 0 Å². The first kappa shape index (κ1) is 7.69. The average Bonchev–Trinajstić information content (AvgIpc) is 2.77. The molecule has 2 heterocycles. The van der Waals surface area contributed by atoms with Crippen LogP contribution in [-0.4, -0.2) is 33.5 Å². The molecule has 0 aromatic rings. The van der Waals surface area contributed by atoms with Crippen molar-refractivity contribution < 1.29 is 0 Å². The van der Waals surface area contributed by atoms with Crippen LogP contribution >= 0.6 is 35.3 Å². The normalized spacial score (nSPS) is 36.0. The zero-order valence-corrected chi connectivity index (χ0v) is 8.36. The Balaban J connectivity index is 1.40. The highest BCUT2D eigenvalue weighted by molar-refractivity contribution is 8.09. The lowest BCUT2D eigenvalue weighted by molar-refractivity contribution is 0.993. The number of hydrogen-bond acceptors (Lipinski definition) is 3. The van der Waals surface area contributed by atoms with E-state index < -0.39 is 0 Å². The minimum Gasteiger partial charge on any atom is -0.161 e. The van der Waals surface area contributed by atoms with Crippen LogP contribution in [-0.2, 0) is 0 Å². The topological polar surface area (TPSA) is 0 Å². The van der Waals surface area contributed by atoms with Crippen molar-refractivity contribution in [3.05, 3.63) is 0 Å². The van der Waals surface area contributed by atoms with Crippen LogP contribution < -0.4 is 0 Å². The third-order valence-corrected chi connectivity index (χ3v) is 5.08. The molecule has 0 aromatic carbocycles. The second-order valence-corrected chi connectivity index (χ2v) is 6.59. The van der Waals surface area contributed by atoms with Crippen LogP contribution in [0, 0.1) is 0 Å². The molecule has 2 fully saturated rings. The van der Waals surface area contributed by atoms with E-state index in [-0.39, 0.29) is 0 Å². The molecule has 2 aliphatic heterocycles. The van der Waals surface area contributed by atoms with E-state index in [4.69, 9.17) is 0 Å². The van der Waals surface area contributed by atoms with Crippen molar-refractivity contribution >= 4 is 35.3 Å². The van der Waals surface area contributed by atoms with Gasteiger partial charge in [0.2, 0.25) is 0 Å². The Morgan fingerprint density at radius 1 is 1.20 bits per heavy atom. The molecule has 0 spiro atoms. The first-order valence-corrected chi connectivity index (χ1v) is 7.01. The quantitative estimate of drug-likeness (QED) is 0.485. The average molecular weight is 192 g/mol. The summed E-state index contributed by atoms with van der Waals surface area (Å²) in [5.41, 5.74) is 0. The van der Waals surface area contributed by atoms with Crippen molar-refractivity contribution in [2.45, 2.75) is 16.9 Å². The number of hydrogen-bond donors (Lipinski definition) is 0. The van der Waals surface area contributed by atoms with Crippen molar-refractivity contribution in [3.8, 4) is 0 Å². The molecule has 0 amide bonds. The fraction of sp³-hybridized carbons (Fsp3) is 1.00. The summed E-state index contributed by atoms with van der Waals surface area (Å²) in [5.74, 6) is 5.71. The molecule has 0 aromatic heterocycles. The molecule has 2 atom stereocenters. The second-order valence-electron chi connectivity index (χ2n) is 2.77. The Hall–Kier alpha value is 1.05. The molecule has 58 valence electrons. The fourth-order valence-electron chi connectivity index (χ4n) is 0.829. The fourth-order valence-corrected chi connectivity index (χ4v) is 3.64. The molecule has 10 heavy (non-hydrogen) atoms. The van der Waals surface area contributed by atoms with Gasteiger partial charge in [0.05, 0.1) is 0 Å². The van der Waals surface area contributed by atoms with Crippen molar-refractivity contribution in [2.75, 3.05) is 23.0 Å². The van der Waals surface area contributed by atoms with Crippen LogP contribution in [0.25, 0.3) is 0 Å². The smallest absolute Gasteiger partial charge is 0.0229 e. The summed E-state index contributed by atoms with van der Waals surface area (Å²) in [6.07, 6.45) is 1.46. The van der Waals surface area contributed by atoms with Gasteiger partial charge in [-0.1, -0.05) is 0 Å². The zero-order chi connectivity index (χ0) is 6.81. The maximum atomic E-state index is 2.16. The van der Waals surface area contributed by atoms with Gasteiger partial charge in [0.15, 0.2) is 0 Å². The van der Waals surface area contributed by atoms with Crippen molar-refractivity contribution in [2.24, 2.45) is 0 Å². The molecule has 0 bridgehead atoms. The standard InChI is InChI=1S/C7H12S3/c1(6-4-9-6)2-8-3-7-5-10-7/h6-7H,1-5H2. The summed E-state index contributed by atoms with van der Waals surface area (Å²) in [4.78, 5) is 0. The predicted octanol–water partition coefficient (Wildman–Crippen LogP) is 2.34. The van der Waals surface area contributed by atoms with Crippen molar-refractivity contribution in [3.63, 3.8) is 0 Å². The van der Waals surface area contributed by atoms with Gasteiger partial charge >= 0.3 is 0 Å². The summed E-state index contributed by atoms with van der Waals surface area (Å²) in [6.45, 7) is 0. The molecule has 3 heteroatoms. The lowest BCUT2D eigenvalue weighted by Gasteiger charge is -1.95. The zero-order valence-electron chi connectivity index (χ0n) is 5.91. The highest BCUT2D eigenvalue weighted by atomic mass is 32.2. The molecule has 2 aliphatic rings. The summed E-state index contributed by atoms with van der Waals surface area (Å²) in [6, 6.07) is 0. The molecular weight excluding hydrogens is 180 g/mol. The van der Waals surface area contributed by atoms with Gasteiger partial charge in [-0.25, -0.2) is 0 Å². The van der Waals surface area contributed by atoms with Crippen LogP contribution in [0.4, 0.5) is 0 Å². The largest absolute Gasteiger partial charge is 0.161 e. The van der Waals surface area contributed by atoms with Gasteiger partial charge in [0, 0.05) is 27.8 Å². The summed E-state index contributed by atoms with van der Waals surface area (Å²) < 4.78 is 0. The van der Waals surface area contributed by atoms with Crippen molar-refractivity contribution in [1.82, 2.24) is 0 Å². The number of thioether (sulfide) groups is 3. The van der Waals surface area contributed by atoms with Crippen LogP contribution in [0.3, 0.4) is 0 Å². The van der Waals surface area contributed by atoms with E-state index in [1.54, 1.807) is 0 Å². The van der Waals surface area contributed by atoms with E-state index in [9.17, 15) is 0 Å². The van der Waals surface area contributed by atoms with Crippen LogP contribution in [0.5, 0.6) is 0 Å². The van der Waals surface area contributed by atoms with E-state index in [2.05, 4.69) is 35.3 Å². The van der Waals surface area contributed by atoms with Gasteiger partial charge in [-0.3, -0.25) is 0 Å². The van der Waals surface area contributed by atoms with E-state index >= 15 is 0 Å². The summed E-state index contributed by atoms with van der Waals surface area (Å²) in [7, 11) is 0. The molecular formula is C7H12S3. The van der Waals surface area contributed by atoms with Gasteiger partial charge in [-0.2, -0.15) is 35.3 Å². The molecule has 0 aliphatic carbocycles.